The molecule has 1 aliphatic heterocycles. The fourth-order valence-corrected chi connectivity index (χ4v) is 4.85. The minimum absolute atomic E-state index is 0.0519. The Morgan fingerprint density at radius 2 is 1.91 bits per heavy atom. The van der Waals surface area contributed by atoms with Crippen LogP contribution in [0.3, 0.4) is 0 Å². The number of rotatable bonds is 3. The number of amides is 2. The molecule has 2 amide bonds. The summed E-state index contributed by atoms with van der Waals surface area (Å²) < 4.78 is 14.7. The summed E-state index contributed by atoms with van der Waals surface area (Å²) in [4.78, 5) is 34.1. The Labute approximate surface area is 203 Å². The van der Waals surface area contributed by atoms with Crippen LogP contribution >= 0.6 is 22.9 Å². The highest BCUT2D eigenvalue weighted by molar-refractivity contribution is 7.19. The van der Waals surface area contributed by atoms with Crippen molar-refractivity contribution in [3.05, 3.63) is 75.3 Å². The summed E-state index contributed by atoms with van der Waals surface area (Å²) in [7, 11) is 0. The molecule has 1 fully saturated rings. The van der Waals surface area contributed by atoms with E-state index in [4.69, 9.17) is 11.6 Å². The maximum absolute atomic E-state index is 13.3. The summed E-state index contributed by atoms with van der Waals surface area (Å²) in [5.74, 6) is 0.0235. The first kappa shape index (κ1) is 22.3. The van der Waals surface area contributed by atoms with Gasteiger partial charge in [0, 0.05) is 43.5 Å². The van der Waals surface area contributed by atoms with Crippen LogP contribution in [-0.4, -0.2) is 51.7 Å². The van der Waals surface area contributed by atoms with Gasteiger partial charge in [-0.25, -0.2) is 14.2 Å². The normalized spacial score (nSPS) is 14.0. The van der Waals surface area contributed by atoms with Crippen molar-refractivity contribution < 1.29 is 9.18 Å². The van der Waals surface area contributed by atoms with Gasteiger partial charge in [0.2, 0.25) is 4.96 Å². The number of carbonyl (C=O) groups is 1. The van der Waals surface area contributed by atoms with Crippen LogP contribution in [0.2, 0.25) is 5.02 Å². The Bertz CT molecular complexity index is 1450. The summed E-state index contributed by atoms with van der Waals surface area (Å²) >= 11 is 7.15. The monoisotopic (exact) mass is 498 g/mol. The zero-order valence-corrected chi connectivity index (χ0v) is 19.7. The van der Waals surface area contributed by atoms with Gasteiger partial charge in [0.05, 0.1) is 5.02 Å². The first-order valence-corrected chi connectivity index (χ1v) is 11.8. The van der Waals surface area contributed by atoms with Gasteiger partial charge in [-0.15, -0.1) is 0 Å². The van der Waals surface area contributed by atoms with Crippen LogP contribution in [0.5, 0.6) is 0 Å². The Balaban J connectivity index is 1.29. The lowest BCUT2D eigenvalue weighted by Gasteiger charge is -2.35. The predicted octanol–water partition coefficient (Wildman–Crippen LogP) is 4.27. The van der Waals surface area contributed by atoms with E-state index in [9.17, 15) is 14.0 Å². The van der Waals surface area contributed by atoms with Gasteiger partial charge >= 0.3 is 6.03 Å². The molecule has 0 unspecified atom stereocenters. The number of anilines is 2. The van der Waals surface area contributed by atoms with E-state index in [0.717, 1.165) is 16.1 Å². The second-order valence-electron chi connectivity index (χ2n) is 7.96. The average molecular weight is 499 g/mol. The van der Waals surface area contributed by atoms with Gasteiger partial charge in [0.15, 0.2) is 0 Å². The fourth-order valence-electron chi connectivity index (χ4n) is 3.77. The molecular weight excluding hydrogens is 479 g/mol. The summed E-state index contributed by atoms with van der Waals surface area (Å²) in [6.45, 7) is 3.93. The first-order valence-electron chi connectivity index (χ1n) is 10.6. The Kier molecular flexibility index (Phi) is 5.93. The van der Waals surface area contributed by atoms with Crippen molar-refractivity contribution in [1.29, 1.82) is 0 Å². The quantitative estimate of drug-likeness (QED) is 0.456. The van der Waals surface area contributed by atoms with E-state index in [1.54, 1.807) is 4.90 Å². The Morgan fingerprint density at radius 3 is 2.65 bits per heavy atom. The molecule has 34 heavy (non-hydrogen) atoms. The molecule has 0 bridgehead atoms. The molecule has 0 radical (unpaired) electrons. The van der Waals surface area contributed by atoms with E-state index < -0.39 is 5.82 Å². The summed E-state index contributed by atoms with van der Waals surface area (Å²) in [6.07, 6.45) is 0. The van der Waals surface area contributed by atoms with Crippen LogP contribution in [0.4, 0.5) is 20.7 Å². The number of aromatic nitrogens is 3. The lowest BCUT2D eigenvalue weighted by atomic mass is 10.1. The van der Waals surface area contributed by atoms with Gasteiger partial charge in [-0.05, 0) is 31.2 Å². The topological polar surface area (TPSA) is 82.8 Å². The van der Waals surface area contributed by atoms with Crippen molar-refractivity contribution in [3.63, 3.8) is 0 Å². The number of fused-ring (bicyclic) bond motifs is 1. The number of nitrogens with one attached hydrogen (secondary N) is 1. The maximum atomic E-state index is 13.3. The van der Waals surface area contributed by atoms with Crippen LogP contribution < -0.4 is 15.8 Å². The largest absolute Gasteiger partial charge is 0.353 e. The molecule has 0 atom stereocenters. The van der Waals surface area contributed by atoms with Gasteiger partial charge in [-0.2, -0.15) is 9.61 Å². The second-order valence-corrected chi connectivity index (χ2v) is 9.32. The summed E-state index contributed by atoms with van der Waals surface area (Å²) in [5.41, 5.74) is 2.23. The number of carbonyl (C=O) groups excluding carboxylic acids is 1. The zero-order valence-electron chi connectivity index (χ0n) is 18.2. The van der Waals surface area contributed by atoms with E-state index in [1.807, 2.05) is 36.1 Å². The molecule has 4 aromatic rings. The van der Waals surface area contributed by atoms with Gasteiger partial charge in [-0.3, -0.25) is 4.79 Å². The van der Waals surface area contributed by atoms with Crippen LogP contribution in [0.1, 0.15) is 5.56 Å². The predicted molar refractivity (Wildman–Crippen MR) is 132 cm³/mol. The molecule has 5 rings (SSSR count). The third-order valence-electron chi connectivity index (χ3n) is 5.56. The average Bonchev–Trinajstić information content (AvgIpc) is 3.27. The van der Waals surface area contributed by atoms with Gasteiger partial charge in [0.25, 0.3) is 5.56 Å². The van der Waals surface area contributed by atoms with Gasteiger partial charge < -0.3 is 15.1 Å². The number of benzene rings is 2. The summed E-state index contributed by atoms with van der Waals surface area (Å²) in [5, 5.41) is 7.85. The standard InChI is InChI=1S/C23H20ClFN6O2S/c1-14-3-2-4-15(11-14)21-28-31-20(32)13-19(27-23(31)34-21)29-7-9-30(10-8-29)22(33)26-16-5-6-18(25)17(24)12-16/h2-6,11-13H,7-10H2,1H3,(H,26,33). The van der Waals surface area contributed by atoms with E-state index in [0.29, 0.717) is 42.6 Å². The third-order valence-corrected chi connectivity index (χ3v) is 6.81. The molecule has 3 heterocycles. The number of piperazine rings is 1. The Morgan fingerprint density at radius 1 is 1.12 bits per heavy atom. The van der Waals surface area contributed by atoms with E-state index in [2.05, 4.69) is 15.4 Å². The zero-order chi connectivity index (χ0) is 23.8. The van der Waals surface area contributed by atoms with E-state index >= 15 is 0 Å². The van der Waals surface area contributed by atoms with Crippen molar-refractivity contribution >= 4 is 45.4 Å². The number of hydrogen-bond donors (Lipinski definition) is 1. The van der Waals surface area contributed by atoms with Gasteiger partial charge in [-0.1, -0.05) is 46.7 Å². The molecule has 0 spiro atoms. The number of hydrogen-bond acceptors (Lipinski definition) is 6. The lowest BCUT2D eigenvalue weighted by Crippen LogP contribution is -2.50. The Hall–Kier alpha value is -3.50. The van der Waals surface area contributed by atoms with E-state index in [-0.39, 0.29) is 16.6 Å². The molecule has 1 N–H and O–H groups in total. The number of nitrogens with zero attached hydrogens (tertiary/aromatic N) is 5. The van der Waals surface area contributed by atoms with Gasteiger partial charge in [0.1, 0.15) is 16.6 Å². The molecule has 174 valence electrons. The highest BCUT2D eigenvalue weighted by Gasteiger charge is 2.23. The molecule has 2 aromatic heterocycles. The van der Waals surface area contributed by atoms with Crippen molar-refractivity contribution in [1.82, 2.24) is 19.5 Å². The number of urea groups is 1. The highest BCUT2D eigenvalue weighted by Crippen LogP contribution is 2.26. The number of aryl methyl sites for hydroxylation is 1. The molecule has 11 heteroatoms. The molecule has 1 aliphatic rings. The molecule has 0 aliphatic carbocycles. The fraction of sp³-hybridized carbons (Fsp3) is 0.217. The molecule has 8 nitrogen and oxygen atoms in total. The molecular formula is C23H20ClFN6O2S. The second kappa shape index (κ2) is 9.03. The molecule has 2 aromatic carbocycles. The maximum Gasteiger partial charge on any atom is 0.321 e. The van der Waals surface area contributed by atoms with E-state index in [1.165, 1.54) is 40.1 Å². The summed E-state index contributed by atoms with van der Waals surface area (Å²) in [6, 6.07) is 13.2. The van der Waals surface area contributed by atoms with Crippen molar-refractivity contribution in [3.8, 4) is 10.6 Å². The van der Waals surface area contributed by atoms with Crippen LogP contribution in [0, 0.1) is 12.7 Å². The minimum atomic E-state index is -0.541. The first-order chi connectivity index (χ1) is 16.4. The molecule has 0 saturated carbocycles. The molecule has 1 saturated heterocycles. The van der Waals surface area contributed by atoms with Crippen LogP contribution in [-0.2, 0) is 0 Å². The smallest absolute Gasteiger partial charge is 0.321 e. The SMILES string of the molecule is Cc1cccc(-c2nn3c(=O)cc(N4CCN(C(=O)Nc5ccc(F)c(Cl)c5)CC4)nc3s2)c1. The van der Waals surface area contributed by atoms with Crippen molar-refractivity contribution in [2.24, 2.45) is 0 Å². The van der Waals surface area contributed by atoms with Crippen molar-refractivity contribution in [2.75, 3.05) is 36.4 Å². The van der Waals surface area contributed by atoms with Crippen molar-refractivity contribution in [2.45, 2.75) is 6.92 Å². The van der Waals surface area contributed by atoms with Crippen LogP contribution in [0.25, 0.3) is 15.5 Å². The highest BCUT2D eigenvalue weighted by atomic mass is 35.5. The third kappa shape index (κ3) is 4.46. The lowest BCUT2D eigenvalue weighted by molar-refractivity contribution is 0.208. The number of halogens is 2. The minimum Gasteiger partial charge on any atom is -0.353 e. The van der Waals surface area contributed by atoms with Crippen LogP contribution in [0.15, 0.2) is 53.3 Å².